The zero-order valence-electron chi connectivity index (χ0n) is 22.7. The van der Waals surface area contributed by atoms with Crippen molar-refractivity contribution in [2.75, 3.05) is 15.8 Å². The first-order valence-electron chi connectivity index (χ1n) is 13.7. The van der Waals surface area contributed by atoms with Gasteiger partial charge < -0.3 is 5.32 Å². The van der Waals surface area contributed by atoms with Crippen LogP contribution in [-0.2, 0) is 28.2 Å². The molecule has 0 bridgehead atoms. The van der Waals surface area contributed by atoms with E-state index in [0.717, 1.165) is 48.8 Å². The summed E-state index contributed by atoms with van der Waals surface area (Å²) in [6.07, 6.45) is -0.585. The van der Waals surface area contributed by atoms with Gasteiger partial charge in [0.2, 0.25) is 0 Å². The van der Waals surface area contributed by atoms with E-state index in [4.69, 9.17) is 11.6 Å². The Labute approximate surface area is 256 Å². The van der Waals surface area contributed by atoms with Crippen LogP contribution < -0.4 is 9.62 Å². The predicted octanol–water partition coefficient (Wildman–Crippen LogP) is 6.31. The molecule has 1 atom stereocenters. The van der Waals surface area contributed by atoms with Gasteiger partial charge in [0, 0.05) is 17.2 Å². The number of amides is 1. The van der Waals surface area contributed by atoms with Crippen molar-refractivity contribution in [1.82, 2.24) is 10.3 Å². The molecule has 1 spiro atoms. The van der Waals surface area contributed by atoms with Crippen molar-refractivity contribution in [3.63, 3.8) is 0 Å². The standard InChI is InChI=1S/C30H26ClF3N4O3S2/c31-24-14-21(30(32,33)34)16-36-25(24)17-37-28(39)20-6-7-26-23(13-20)29(8-10-42-11-9-29)27(19-4-5-19)38(26)43(40,41)22-3-1-2-18(12-22)15-35/h1-3,6-7,12-14,16,19,27H,4-5,8-11,17H2,(H,37,39). The Hall–Kier alpha value is -3.27. The van der Waals surface area contributed by atoms with Gasteiger partial charge in [-0.1, -0.05) is 17.7 Å². The third kappa shape index (κ3) is 5.36. The number of nitriles is 1. The molecule has 1 aliphatic carbocycles. The molecule has 1 unspecified atom stereocenters. The molecule has 6 rings (SSSR count). The number of thioether (sulfide) groups is 1. The summed E-state index contributed by atoms with van der Waals surface area (Å²) in [5.41, 5.74) is 0.539. The van der Waals surface area contributed by atoms with E-state index in [2.05, 4.69) is 10.3 Å². The first kappa shape index (κ1) is 29.8. The highest BCUT2D eigenvalue weighted by Crippen LogP contribution is 2.59. The number of nitrogens with zero attached hydrogens (tertiary/aromatic N) is 3. The largest absolute Gasteiger partial charge is 0.417 e. The topological polar surface area (TPSA) is 103 Å². The third-order valence-corrected chi connectivity index (χ3v) is 11.6. The average Bonchev–Trinajstić information content (AvgIpc) is 3.80. The van der Waals surface area contributed by atoms with E-state index in [1.807, 2.05) is 17.8 Å². The fraction of sp³-hybridized carbons (Fsp3) is 0.367. The van der Waals surface area contributed by atoms with Crippen molar-refractivity contribution in [3.8, 4) is 6.07 Å². The number of carbonyl (C=O) groups excluding carboxylic acids is 1. The van der Waals surface area contributed by atoms with Gasteiger partial charge in [-0.2, -0.15) is 30.2 Å². The molecule has 0 radical (unpaired) electrons. The van der Waals surface area contributed by atoms with Crippen LogP contribution in [0.3, 0.4) is 0 Å². The van der Waals surface area contributed by atoms with Crippen molar-refractivity contribution in [3.05, 3.63) is 87.7 Å². The molecule has 3 aliphatic rings. The zero-order valence-corrected chi connectivity index (χ0v) is 25.1. The lowest BCUT2D eigenvalue weighted by atomic mass is 9.70. The van der Waals surface area contributed by atoms with E-state index < -0.39 is 33.1 Å². The van der Waals surface area contributed by atoms with E-state index in [1.54, 1.807) is 34.6 Å². The molecule has 3 aromatic rings. The average molecular weight is 647 g/mol. The van der Waals surface area contributed by atoms with Gasteiger partial charge in [-0.25, -0.2) is 8.42 Å². The Morgan fingerprint density at radius 2 is 1.91 bits per heavy atom. The monoisotopic (exact) mass is 646 g/mol. The number of anilines is 1. The van der Waals surface area contributed by atoms with Crippen molar-refractivity contribution in [1.29, 1.82) is 5.26 Å². The van der Waals surface area contributed by atoms with Gasteiger partial charge in [0.15, 0.2) is 0 Å². The van der Waals surface area contributed by atoms with Crippen LogP contribution >= 0.6 is 23.4 Å². The Morgan fingerprint density at radius 3 is 2.56 bits per heavy atom. The van der Waals surface area contributed by atoms with Gasteiger partial charge in [0.25, 0.3) is 15.9 Å². The lowest BCUT2D eigenvalue weighted by molar-refractivity contribution is -0.137. The van der Waals surface area contributed by atoms with E-state index in [1.165, 1.54) is 12.1 Å². The van der Waals surface area contributed by atoms with Crippen LogP contribution in [-0.4, -0.2) is 36.9 Å². The number of alkyl halides is 3. The van der Waals surface area contributed by atoms with Crippen LogP contribution in [0.15, 0.2) is 59.6 Å². The molecule has 1 aromatic heterocycles. The van der Waals surface area contributed by atoms with Crippen LogP contribution in [0.25, 0.3) is 0 Å². The lowest BCUT2D eigenvalue weighted by Crippen LogP contribution is -2.50. The van der Waals surface area contributed by atoms with Gasteiger partial charge in [0.05, 0.1) is 51.1 Å². The molecule has 2 fully saturated rings. The number of fused-ring (bicyclic) bond motifs is 2. The summed E-state index contributed by atoms with van der Waals surface area (Å²) in [7, 11) is -4.04. The highest BCUT2D eigenvalue weighted by molar-refractivity contribution is 7.99. The second kappa shape index (κ2) is 11.0. The number of hydrogen-bond donors (Lipinski definition) is 1. The highest BCUT2D eigenvalue weighted by Gasteiger charge is 2.59. The molecule has 1 saturated carbocycles. The molecular weight excluding hydrogens is 621 g/mol. The fourth-order valence-corrected chi connectivity index (χ4v) is 9.59. The summed E-state index contributed by atoms with van der Waals surface area (Å²) in [4.78, 5) is 17.1. The summed E-state index contributed by atoms with van der Waals surface area (Å²) in [6, 6.07) is 13.5. The third-order valence-electron chi connectivity index (χ3n) is 8.49. The smallest absolute Gasteiger partial charge is 0.346 e. The number of hydrogen-bond acceptors (Lipinski definition) is 6. The predicted molar refractivity (Wildman–Crippen MR) is 157 cm³/mol. The van der Waals surface area contributed by atoms with Gasteiger partial charge in [-0.05, 0) is 91.1 Å². The number of carbonyl (C=O) groups is 1. The Kier molecular flexibility index (Phi) is 7.63. The maximum absolute atomic E-state index is 14.3. The SMILES string of the molecule is N#Cc1cccc(S(=O)(=O)N2c3ccc(C(=O)NCc4ncc(C(F)(F)F)cc4Cl)cc3C3(CCSCC3)C2C2CC2)c1. The molecule has 224 valence electrons. The number of pyridine rings is 1. The highest BCUT2D eigenvalue weighted by atomic mass is 35.5. The molecule has 1 N–H and O–H groups in total. The second-order valence-corrected chi connectivity index (χ2v) is 14.5. The number of nitrogens with one attached hydrogen (secondary N) is 1. The van der Waals surface area contributed by atoms with Gasteiger partial charge >= 0.3 is 6.18 Å². The van der Waals surface area contributed by atoms with E-state index >= 15 is 0 Å². The van der Waals surface area contributed by atoms with Gasteiger partial charge in [0.1, 0.15) is 0 Å². The van der Waals surface area contributed by atoms with Crippen LogP contribution in [0.4, 0.5) is 18.9 Å². The van der Waals surface area contributed by atoms with E-state index in [9.17, 15) is 31.6 Å². The summed E-state index contributed by atoms with van der Waals surface area (Å²) >= 11 is 7.84. The molecule has 1 saturated heterocycles. The van der Waals surface area contributed by atoms with Crippen molar-refractivity contribution < 1.29 is 26.4 Å². The summed E-state index contributed by atoms with van der Waals surface area (Å²) < 4.78 is 69.0. The van der Waals surface area contributed by atoms with Gasteiger partial charge in [-0.15, -0.1) is 0 Å². The molecular formula is C30H26ClF3N4O3S2. The minimum atomic E-state index is -4.59. The Bertz CT molecular complexity index is 1750. The maximum atomic E-state index is 14.3. The lowest BCUT2D eigenvalue weighted by Gasteiger charge is -2.41. The Morgan fingerprint density at radius 1 is 1.16 bits per heavy atom. The van der Waals surface area contributed by atoms with Crippen molar-refractivity contribution in [2.24, 2.45) is 5.92 Å². The fourth-order valence-electron chi connectivity index (χ4n) is 6.29. The molecule has 3 heterocycles. The normalized spacial score (nSPS) is 19.6. The first-order valence-corrected chi connectivity index (χ1v) is 16.7. The summed E-state index contributed by atoms with van der Waals surface area (Å²) in [6.45, 7) is -0.185. The first-order chi connectivity index (χ1) is 20.5. The number of rotatable bonds is 6. The Balaban J connectivity index is 1.36. The quantitative estimate of drug-likeness (QED) is 0.337. The molecule has 7 nitrogen and oxygen atoms in total. The zero-order chi connectivity index (χ0) is 30.6. The summed E-state index contributed by atoms with van der Waals surface area (Å²) in [5.74, 6) is 1.41. The van der Waals surface area contributed by atoms with Gasteiger partial charge in [-0.3, -0.25) is 14.1 Å². The molecule has 2 aliphatic heterocycles. The minimum absolute atomic E-state index is 0.0492. The number of sulfonamides is 1. The van der Waals surface area contributed by atoms with Crippen LogP contribution in [0, 0.1) is 17.2 Å². The second-order valence-electron chi connectivity index (χ2n) is 11.1. The number of halogens is 4. The number of benzene rings is 2. The van der Waals surface area contributed by atoms with Crippen LogP contribution in [0.1, 0.15) is 58.4 Å². The van der Waals surface area contributed by atoms with Crippen LogP contribution in [0.2, 0.25) is 5.02 Å². The van der Waals surface area contributed by atoms with Crippen molar-refractivity contribution in [2.45, 2.75) is 54.8 Å². The molecule has 43 heavy (non-hydrogen) atoms. The molecule has 2 aromatic carbocycles. The maximum Gasteiger partial charge on any atom is 0.417 e. The van der Waals surface area contributed by atoms with E-state index in [-0.39, 0.29) is 39.7 Å². The van der Waals surface area contributed by atoms with E-state index in [0.29, 0.717) is 17.4 Å². The van der Waals surface area contributed by atoms with Crippen molar-refractivity contribution >= 4 is 45.0 Å². The number of aromatic nitrogens is 1. The molecule has 1 amide bonds. The summed E-state index contributed by atoms with van der Waals surface area (Å²) in [5, 5.41) is 11.9. The minimum Gasteiger partial charge on any atom is -0.346 e. The van der Waals surface area contributed by atoms with Crippen LogP contribution in [0.5, 0.6) is 0 Å². The molecule has 13 heteroatoms.